The van der Waals surface area contributed by atoms with Crippen molar-refractivity contribution >= 4 is 12.2 Å². The van der Waals surface area contributed by atoms with Gasteiger partial charge >= 0.3 is 142 Å². The van der Waals surface area contributed by atoms with E-state index < -0.39 is 16.6 Å². The summed E-state index contributed by atoms with van der Waals surface area (Å²) in [4.78, 5) is 0. The van der Waals surface area contributed by atoms with Gasteiger partial charge in [0.1, 0.15) is 0 Å². The molecule has 0 spiro atoms. The van der Waals surface area contributed by atoms with E-state index in [1.54, 1.807) is 11.1 Å². The first kappa shape index (κ1) is 19.0. The van der Waals surface area contributed by atoms with Gasteiger partial charge in [-0.05, 0) is 0 Å². The van der Waals surface area contributed by atoms with Crippen molar-refractivity contribution in [3.8, 4) is 0 Å². The first-order valence-corrected chi connectivity index (χ1v) is 12.8. The van der Waals surface area contributed by atoms with Crippen LogP contribution in [0.3, 0.4) is 0 Å². The third-order valence-corrected chi connectivity index (χ3v) is 14.4. The number of allylic oxidation sites excluding steroid dienone is 2. The number of hydrogen-bond acceptors (Lipinski definition) is 0. The predicted octanol–water partition coefficient (Wildman–Crippen LogP) is 0.152. The molecule has 0 saturated carbocycles. The zero-order valence-corrected chi connectivity index (χ0v) is 17.7. The molecule has 2 aromatic carbocycles. The molecule has 2 unspecified atom stereocenters. The number of aryl methyl sites for hydroxylation is 2. The average molecular weight is 405 g/mol. The smallest absolute Gasteiger partial charge is 1.00 e. The molecule has 2 atom stereocenters. The zero-order valence-electron chi connectivity index (χ0n) is 14.6. The second kappa shape index (κ2) is 6.74. The van der Waals surface area contributed by atoms with Gasteiger partial charge in [-0.3, -0.25) is 0 Å². The van der Waals surface area contributed by atoms with Gasteiger partial charge in [0.05, 0.1) is 0 Å². The van der Waals surface area contributed by atoms with Gasteiger partial charge in [0.2, 0.25) is 0 Å². The van der Waals surface area contributed by atoms with Crippen molar-refractivity contribution in [3.63, 3.8) is 0 Å². The van der Waals surface area contributed by atoms with Crippen molar-refractivity contribution in [1.29, 1.82) is 0 Å². The van der Waals surface area contributed by atoms with E-state index in [4.69, 9.17) is 0 Å². The van der Waals surface area contributed by atoms with E-state index in [9.17, 15) is 0 Å². The van der Waals surface area contributed by atoms with Gasteiger partial charge in [0.15, 0.2) is 0 Å². The van der Waals surface area contributed by atoms with Crippen LogP contribution >= 0.6 is 0 Å². The molecule has 5 rings (SSSR count). The molecule has 128 valence electrons. The number of fused-ring (bicyclic) bond motifs is 2. The van der Waals surface area contributed by atoms with Gasteiger partial charge in [-0.25, -0.2) is 0 Å². The molecule has 1 aliphatic heterocycles. The Labute approximate surface area is 166 Å². The average Bonchev–Trinajstić information content (AvgIpc) is 3.03. The summed E-state index contributed by atoms with van der Waals surface area (Å²) >= 11 is -1.91. The normalized spacial score (nSPS) is 22.2. The third-order valence-electron chi connectivity index (χ3n) is 6.36. The van der Waals surface area contributed by atoms with E-state index in [-0.39, 0.29) is 24.8 Å². The van der Waals surface area contributed by atoms with Crippen LogP contribution in [-0.2, 0) is 16.6 Å². The van der Waals surface area contributed by atoms with Gasteiger partial charge in [0.25, 0.3) is 0 Å². The van der Waals surface area contributed by atoms with Crippen LogP contribution in [0.15, 0.2) is 48.6 Å². The molecule has 0 aromatic heterocycles. The fourth-order valence-electron chi connectivity index (χ4n) is 4.96. The Morgan fingerprint density at radius 3 is 1.56 bits per heavy atom. The Hall–Kier alpha value is -0.786. The molecule has 1 fully saturated rings. The third kappa shape index (κ3) is 2.70. The largest absolute Gasteiger partial charge is 1.00 e. The van der Waals surface area contributed by atoms with Crippen LogP contribution in [0, 0.1) is 13.8 Å². The van der Waals surface area contributed by atoms with Gasteiger partial charge in [-0.15, -0.1) is 0 Å². The Kier molecular flexibility index (Phi) is 5.12. The molecule has 0 radical (unpaired) electrons. The second-order valence-corrected chi connectivity index (χ2v) is 14.9. The summed E-state index contributed by atoms with van der Waals surface area (Å²) in [6.07, 6.45) is 9.95. The van der Waals surface area contributed by atoms with Crippen LogP contribution in [0.5, 0.6) is 0 Å². The van der Waals surface area contributed by atoms with Crippen molar-refractivity contribution in [2.45, 2.75) is 31.7 Å². The van der Waals surface area contributed by atoms with Crippen LogP contribution in [-0.4, -0.2) is 0 Å². The molecular weight excluding hydrogens is 383 g/mol. The molecule has 1 saturated heterocycles. The summed E-state index contributed by atoms with van der Waals surface area (Å²) in [5.74, 6) is 0. The van der Waals surface area contributed by atoms with E-state index in [2.05, 4.69) is 74.5 Å². The first-order chi connectivity index (χ1) is 11.2. The summed E-state index contributed by atoms with van der Waals surface area (Å²) in [7, 11) is 0. The van der Waals surface area contributed by atoms with E-state index in [1.165, 1.54) is 31.7 Å². The monoisotopic (exact) mass is 404 g/mol. The van der Waals surface area contributed by atoms with Crippen molar-refractivity contribution < 1.29 is 41.4 Å². The summed E-state index contributed by atoms with van der Waals surface area (Å²) in [5, 5.41) is 0. The van der Waals surface area contributed by atoms with Crippen molar-refractivity contribution in [2.75, 3.05) is 0 Å². The van der Waals surface area contributed by atoms with Crippen molar-refractivity contribution in [3.05, 3.63) is 81.9 Å². The second-order valence-electron chi connectivity index (χ2n) is 7.56. The quantitative estimate of drug-likeness (QED) is 0.625. The van der Waals surface area contributed by atoms with Crippen LogP contribution in [0.2, 0.25) is 9.45 Å². The Bertz CT molecular complexity index is 808. The standard InChI is InChI=1S/2C10H9.C2H4.2ClH.Ti/c2*1-8-4-2-5-9-6-3-7-10(8)9;1-2;;;/h2*2-7H,1H3;1-2H2;2*1H;/q;;;;;+2/p-2. The minimum absolute atomic E-state index is 0. The maximum absolute atomic E-state index is 2.56. The van der Waals surface area contributed by atoms with Crippen molar-refractivity contribution in [1.82, 2.24) is 0 Å². The molecular formula is C22H22Cl2Ti. The van der Waals surface area contributed by atoms with Gasteiger partial charge in [-0.1, -0.05) is 0 Å². The summed E-state index contributed by atoms with van der Waals surface area (Å²) < 4.78 is 4.60. The first-order valence-electron chi connectivity index (χ1n) is 8.76. The fraction of sp³-hybridized carbons (Fsp3) is 0.273. The summed E-state index contributed by atoms with van der Waals surface area (Å²) in [6.45, 7) is 4.51. The van der Waals surface area contributed by atoms with Gasteiger partial charge in [-0.2, -0.15) is 0 Å². The van der Waals surface area contributed by atoms with E-state index in [0.29, 0.717) is 0 Å². The number of benzene rings is 2. The molecule has 3 aliphatic rings. The maximum atomic E-state index is 2.56. The van der Waals surface area contributed by atoms with E-state index in [0.717, 1.165) is 8.45 Å². The SMILES string of the molecule is Cc1cccc2c1C=C[CH]2[Ti+2]1([CH]2C=Cc3c(C)cccc32)[CH2][CH2]1.[Cl-].[Cl-]. The molecule has 0 nitrogen and oxygen atoms in total. The fourth-order valence-corrected chi connectivity index (χ4v) is 14.0. The van der Waals surface area contributed by atoms with Crippen LogP contribution < -0.4 is 24.8 Å². The molecule has 0 N–H and O–H groups in total. The molecule has 0 bridgehead atoms. The van der Waals surface area contributed by atoms with E-state index >= 15 is 0 Å². The molecule has 1 heterocycles. The van der Waals surface area contributed by atoms with E-state index in [1.807, 2.05) is 0 Å². The number of halogens is 2. The molecule has 2 aliphatic carbocycles. The minimum Gasteiger partial charge on any atom is -1.00 e. The van der Waals surface area contributed by atoms with Crippen LogP contribution in [0.25, 0.3) is 12.2 Å². The number of rotatable bonds is 2. The molecule has 2 aromatic rings. The zero-order chi connectivity index (χ0) is 15.6. The van der Waals surface area contributed by atoms with Gasteiger partial charge < -0.3 is 24.8 Å². The number of hydrogen-bond donors (Lipinski definition) is 0. The van der Waals surface area contributed by atoms with Crippen LogP contribution in [0.4, 0.5) is 0 Å². The maximum Gasteiger partial charge on any atom is -1.00 e. The van der Waals surface area contributed by atoms with Crippen molar-refractivity contribution in [2.24, 2.45) is 0 Å². The molecule has 3 heteroatoms. The Morgan fingerprint density at radius 1 is 0.720 bits per heavy atom. The topological polar surface area (TPSA) is 0 Å². The molecule has 25 heavy (non-hydrogen) atoms. The molecule has 0 amide bonds. The summed E-state index contributed by atoms with van der Waals surface area (Å²) in [5.41, 5.74) is 9.19. The minimum atomic E-state index is -1.91. The predicted molar refractivity (Wildman–Crippen MR) is 95.5 cm³/mol. The summed E-state index contributed by atoms with van der Waals surface area (Å²) in [6, 6.07) is 13.8. The Balaban J connectivity index is 0.000000911. The Morgan fingerprint density at radius 2 is 1.16 bits per heavy atom. The van der Waals surface area contributed by atoms with Gasteiger partial charge in [0, 0.05) is 0 Å². The van der Waals surface area contributed by atoms with Crippen LogP contribution in [0.1, 0.15) is 41.8 Å².